The van der Waals surface area contributed by atoms with Gasteiger partial charge in [0.05, 0.1) is 12.2 Å². The Kier molecular flexibility index (Phi) is 3.40. The van der Waals surface area contributed by atoms with Gasteiger partial charge in [0, 0.05) is 0 Å². The van der Waals surface area contributed by atoms with Gasteiger partial charge in [0.15, 0.2) is 0 Å². The van der Waals surface area contributed by atoms with Crippen molar-refractivity contribution in [2.75, 3.05) is 0 Å². The first-order chi connectivity index (χ1) is 8.20. The lowest BCUT2D eigenvalue weighted by molar-refractivity contribution is 0.513. The number of nitrogens with one attached hydrogen (secondary N) is 2. The molecule has 1 heterocycles. The smallest absolute Gasteiger partial charge is 0.126 e. The molecule has 90 valence electrons. The van der Waals surface area contributed by atoms with E-state index in [2.05, 4.69) is 20.8 Å². The molecule has 0 saturated carbocycles. The van der Waals surface area contributed by atoms with Gasteiger partial charge in [-0.15, -0.1) is 0 Å². The van der Waals surface area contributed by atoms with Crippen LogP contribution in [0.4, 0.5) is 8.78 Å². The predicted octanol–water partition coefficient (Wildman–Crippen LogP) is 0.830. The number of H-pyrrole nitrogens is 1. The number of aromatic amines is 1. The molecule has 1 aromatic heterocycles. The molecule has 1 atom stereocenters. The number of benzene rings is 1. The number of nitrogens with zero attached hydrogens (tertiary/aromatic N) is 2. The van der Waals surface area contributed by atoms with Crippen LogP contribution in [0, 0.1) is 11.6 Å². The molecule has 0 saturated heterocycles. The first-order valence-electron chi connectivity index (χ1n) is 4.96. The SMILES string of the molecule is NNC(Cc1cc(F)ccc1F)c1cn[nH]n1. The van der Waals surface area contributed by atoms with E-state index in [-0.39, 0.29) is 12.0 Å². The Morgan fingerprint density at radius 2 is 2.24 bits per heavy atom. The topological polar surface area (TPSA) is 79.6 Å². The third-order valence-corrected chi connectivity index (χ3v) is 2.42. The van der Waals surface area contributed by atoms with Gasteiger partial charge in [-0.3, -0.25) is 11.3 Å². The fourth-order valence-electron chi connectivity index (χ4n) is 1.55. The minimum atomic E-state index is -0.489. The van der Waals surface area contributed by atoms with Crippen LogP contribution in [0.3, 0.4) is 0 Å². The van der Waals surface area contributed by atoms with E-state index in [1.807, 2.05) is 0 Å². The molecule has 7 heteroatoms. The van der Waals surface area contributed by atoms with E-state index < -0.39 is 17.7 Å². The molecule has 17 heavy (non-hydrogen) atoms. The normalized spacial score (nSPS) is 12.6. The van der Waals surface area contributed by atoms with E-state index in [1.165, 1.54) is 6.20 Å². The van der Waals surface area contributed by atoms with Gasteiger partial charge in [-0.2, -0.15) is 15.4 Å². The van der Waals surface area contributed by atoms with E-state index >= 15 is 0 Å². The van der Waals surface area contributed by atoms with Crippen LogP contribution in [0.5, 0.6) is 0 Å². The molecule has 4 N–H and O–H groups in total. The molecular weight excluding hydrogens is 228 g/mol. The zero-order chi connectivity index (χ0) is 12.3. The summed E-state index contributed by atoms with van der Waals surface area (Å²) >= 11 is 0. The molecule has 0 aliphatic carbocycles. The molecule has 5 nitrogen and oxygen atoms in total. The number of hydrogen-bond acceptors (Lipinski definition) is 4. The molecule has 1 unspecified atom stereocenters. The Morgan fingerprint density at radius 1 is 1.41 bits per heavy atom. The first kappa shape index (κ1) is 11.6. The van der Waals surface area contributed by atoms with Crippen LogP contribution in [0.15, 0.2) is 24.4 Å². The van der Waals surface area contributed by atoms with Crippen LogP contribution >= 0.6 is 0 Å². The summed E-state index contributed by atoms with van der Waals surface area (Å²) < 4.78 is 26.4. The van der Waals surface area contributed by atoms with Gasteiger partial charge >= 0.3 is 0 Å². The maximum atomic E-state index is 13.4. The maximum Gasteiger partial charge on any atom is 0.126 e. The minimum Gasteiger partial charge on any atom is -0.271 e. The molecule has 1 aromatic carbocycles. The highest BCUT2D eigenvalue weighted by atomic mass is 19.1. The fraction of sp³-hybridized carbons (Fsp3) is 0.200. The highest BCUT2D eigenvalue weighted by Crippen LogP contribution is 2.18. The summed E-state index contributed by atoms with van der Waals surface area (Å²) in [7, 11) is 0. The highest BCUT2D eigenvalue weighted by Gasteiger charge is 2.16. The molecule has 2 rings (SSSR count). The molecule has 0 fully saturated rings. The zero-order valence-electron chi connectivity index (χ0n) is 8.82. The predicted molar refractivity (Wildman–Crippen MR) is 56.5 cm³/mol. The van der Waals surface area contributed by atoms with Crippen molar-refractivity contribution in [2.24, 2.45) is 5.84 Å². The van der Waals surface area contributed by atoms with Crippen molar-refractivity contribution in [1.82, 2.24) is 20.8 Å². The summed E-state index contributed by atoms with van der Waals surface area (Å²) in [4.78, 5) is 0. The summed E-state index contributed by atoms with van der Waals surface area (Å²) in [5.74, 6) is 4.39. The van der Waals surface area contributed by atoms with Gasteiger partial charge in [-0.05, 0) is 30.2 Å². The molecule has 0 aliphatic heterocycles. The lowest BCUT2D eigenvalue weighted by Gasteiger charge is -2.13. The van der Waals surface area contributed by atoms with Crippen LogP contribution in [0.2, 0.25) is 0 Å². The van der Waals surface area contributed by atoms with E-state index in [1.54, 1.807) is 0 Å². The largest absolute Gasteiger partial charge is 0.271 e. The molecule has 0 bridgehead atoms. The zero-order valence-corrected chi connectivity index (χ0v) is 8.82. The van der Waals surface area contributed by atoms with Crippen molar-refractivity contribution >= 4 is 0 Å². The van der Waals surface area contributed by atoms with Gasteiger partial charge < -0.3 is 0 Å². The van der Waals surface area contributed by atoms with E-state index in [9.17, 15) is 8.78 Å². The van der Waals surface area contributed by atoms with Crippen LogP contribution < -0.4 is 11.3 Å². The quantitative estimate of drug-likeness (QED) is 0.545. The van der Waals surface area contributed by atoms with Gasteiger partial charge in [0.25, 0.3) is 0 Å². The number of nitrogens with two attached hydrogens (primary N) is 1. The summed E-state index contributed by atoms with van der Waals surface area (Å²) in [6, 6.07) is 2.87. The lowest BCUT2D eigenvalue weighted by atomic mass is 10.0. The van der Waals surface area contributed by atoms with Crippen molar-refractivity contribution in [3.63, 3.8) is 0 Å². The summed E-state index contributed by atoms with van der Waals surface area (Å²) in [5.41, 5.74) is 3.26. The van der Waals surface area contributed by atoms with E-state index in [0.29, 0.717) is 5.69 Å². The maximum absolute atomic E-state index is 13.4. The molecule has 0 radical (unpaired) electrons. The lowest BCUT2D eigenvalue weighted by Crippen LogP contribution is -2.30. The molecule has 0 aliphatic rings. The monoisotopic (exact) mass is 239 g/mol. The Labute approximate surface area is 96.0 Å². The number of rotatable bonds is 4. The second-order valence-corrected chi connectivity index (χ2v) is 3.55. The summed E-state index contributed by atoms with van der Waals surface area (Å²) in [5, 5.41) is 9.91. The highest BCUT2D eigenvalue weighted by molar-refractivity contribution is 5.21. The number of hydrazine groups is 1. The molecule has 2 aromatic rings. The van der Waals surface area contributed by atoms with E-state index in [4.69, 9.17) is 5.84 Å². The van der Waals surface area contributed by atoms with Crippen molar-refractivity contribution in [3.8, 4) is 0 Å². The Hall–Kier alpha value is -1.86. The molecule has 0 amide bonds. The standard InChI is InChI=1S/C10H11F2N5/c11-7-1-2-8(12)6(3-7)4-9(15-13)10-5-14-17-16-10/h1-3,5,9,15H,4,13H2,(H,14,16,17). The number of hydrogen-bond donors (Lipinski definition) is 3. The Balaban J connectivity index is 2.21. The molecule has 0 spiro atoms. The van der Waals surface area contributed by atoms with Crippen LogP contribution in [-0.2, 0) is 6.42 Å². The third kappa shape index (κ3) is 2.63. The Bertz CT molecular complexity index is 485. The van der Waals surface area contributed by atoms with Gasteiger partial charge in [0.1, 0.15) is 17.3 Å². The van der Waals surface area contributed by atoms with Crippen molar-refractivity contribution in [1.29, 1.82) is 0 Å². The van der Waals surface area contributed by atoms with Crippen LogP contribution in [-0.4, -0.2) is 15.4 Å². The second-order valence-electron chi connectivity index (χ2n) is 3.55. The fourth-order valence-corrected chi connectivity index (χ4v) is 1.55. The molecular formula is C10H11F2N5. The average Bonchev–Trinajstić information content (AvgIpc) is 2.84. The third-order valence-electron chi connectivity index (χ3n) is 2.42. The second kappa shape index (κ2) is 4.98. The van der Waals surface area contributed by atoms with Crippen LogP contribution in [0.1, 0.15) is 17.3 Å². The number of aromatic nitrogens is 3. The summed E-state index contributed by atoms with van der Waals surface area (Å²) in [6.45, 7) is 0. The van der Waals surface area contributed by atoms with Crippen molar-refractivity contribution < 1.29 is 8.78 Å². The van der Waals surface area contributed by atoms with Crippen molar-refractivity contribution in [3.05, 3.63) is 47.3 Å². The van der Waals surface area contributed by atoms with Crippen LogP contribution in [0.25, 0.3) is 0 Å². The Morgan fingerprint density at radius 3 is 2.88 bits per heavy atom. The number of halogens is 2. The van der Waals surface area contributed by atoms with E-state index in [0.717, 1.165) is 18.2 Å². The first-order valence-corrected chi connectivity index (χ1v) is 4.96. The summed E-state index contributed by atoms with van der Waals surface area (Å²) in [6.07, 6.45) is 1.66. The van der Waals surface area contributed by atoms with Gasteiger partial charge in [0.2, 0.25) is 0 Å². The van der Waals surface area contributed by atoms with Gasteiger partial charge in [-0.1, -0.05) is 0 Å². The average molecular weight is 239 g/mol. The van der Waals surface area contributed by atoms with Gasteiger partial charge in [-0.25, -0.2) is 8.78 Å². The minimum absolute atomic E-state index is 0.187. The van der Waals surface area contributed by atoms with Crippen molar-refractivity contribution in [2.45, 2.75) is 12.5 Å².